The van der Waals surface area contributed by atoms with Gasteiger partial charge in [0.05, 0.1) is 6.10 Å². The summed E-state index contributed by atoms with van der Waals surface area (Å²) in [7, 11) is 1.82. The van der Waals surface area contributed by atoms with Gasteiger partial charge in [-0.15, -0.1) is 0 Å². The summed E-state index contributed by atoms with van der Waals surface area (Å²) in [5, 5.41) is 3.61. The first-order valence-electron chi connectivity index (χ1n) is 8.02. The van der Waals surface area contributed by atoms with Crippen LogP contribution in [0.2, 0.25) is 0 Å². The zero-order chi connectivity index (χ0) is 13.6. The molecule has 0 spiro atoms. The van der Waals surface area contributed by atoms with Crippen molar-refractivity contribution in [2.24, 2.45) is 0 Å². The Kier molecular flexibility index (Phi) is 13.3. The summed E-state index contributed by atoms with van der Waals surface area (Å²) in [5.41, 5.74) is 0. The molecule has 0 aliphatic heterocycles. The predicted molar refractivity (Wildman–Crippen MR) is 81.2 cm³/mol. The Morgan fingerprint density at radius 3 is 2.06 bits per heavy atom. The van der Waals surface area contributed by atoms with Gasteiger partial charge < -0.3 is 10.1 Å². The molecule has 2 unspecified atom stereocenters. The van der Waals surface area contributed by atoms with Gasteiger partial charge >= 0.3 is 0 Å². The van der Waals surface area contributed by atoms with Crippen LogP contribution in [-0.4, -0.2) is 25.8 Å². The smallest absolute Gasteiger partial charge is 0.0696 e. The zero-order valence-corrected chi connectivity index (χ0v) is 13.1. The van der Waals surface area contributed by atoms with Gasteiger partial charge in [0, 0.05) is 13.2 Å². The summed E-state index contributed by atoms with van der Waals surface area (Å²) in [5.74, 6) is 0. The van der Waals surface area contributed by atoms with E-state index in [9.17, 15) is 0 Å². The fourth-order valence-electron chi connectivity index (χ4n) is 2.32. The van der Waals surface area contributed by atoms with Crippen LogP contribution in [0.15, 0.2) is 0 Å². The van der Waals surface area contributed by atoms with Gasteiger partial charge in [-0.1, -0.05) is 58.8 Å². The predicted octanol–water partition coefficient (Wildman–Crippen LogP) is 4.53. The minimum absolute atomic E-state index is 0.330. The Hall–Kier alpha value is -0.0800. The Bertz CT molecular complexity index is 161. The first-order valence-corrected chi connectivity index (χ1v) is 8.02. The van der Waals surface area contributed by atoms with Crippen molar-refractivity contribution in [1.82, 2.24) is 5.32 Å². The lowest BCUT2D eigenvalue weighted by Gasteiger charge is -2.24. The summed E-state index contributed by atoms with van der Waals surface area (Å²) in [6.07, 6.45) is 12.5. The molecule has 0 aromatic carbocycles. The van der Waals surface area contributed by atoms with Crippen molar-refractivity contribution < 1.29 is 4.74 Å². The summed E-state index contributed by atoms with van der Waals surface area (Å²) in [6.45, 7) is 7.77. The van der Waals surface area contributed by atoms with E-state index in [1.807, 2.05) is 7.11 Å². The van der Waals surface area contributed by atoms with Crippen molar-refractivity contribution in [3.8, 4) is 0 Å². The minimum Gasteiger partial charge on any atom is -0.380 e. The lowest BCUT2D eigenvalue weighted by atomic mass is 10.0. The number of nitrogens with one attached hydrogen (secondary N) is 1. The van der Waals surface area contributed by atoms with Crippen LogP contribution in [-0.2, 0) is 4.74 Å². The number of methoxy groups -OCH3 is 1. The monoisotopic (exact) mass is 257 g/mol. The van der Waals surface area contributed by atoms with E-state index in [1.165, 1.54) is 57.8 Å². The SMILES string of the molecule is CCCCCCCCCC(NCCC)C(C)OC. The van der Waals surface area contributed by atoms with Gasteiger partial charge in [0.25, 0.3) is 0 Å². The molecule has 0 aromatic heterocycles. The van der Waals surface area contributed by atoms with E-state index in [0.29, 0.717) is 12.1 Å². The molecule has 0 amide bonds. The molecule has 0 aliphatic rings. The number of unbranched alkanes of at least 4 members (excludes halogenated alkanes) is 6. The molecular formula is C16H35NO. The van der Waals surface area contributed by atoms with Crippen LogP contribution >= 0.6 is 0 Å². The van der Waals surface area contributed by atoms with Crippen LogP contribution in [0.5, 0.6) is 0 Å². The van der Waals surface area contributed by atoms with Gasteiger partial charge in [0.2, 0.25) is 0 Å². The molecular weight excluding hydrogens is 222 g/mol. The summed E-state index contributed by atoms with van der Waals surface area (Å²) >= 11 is 0. The van der Waals surface area contributed by atoms with E-state index in [-0.39, 0.29) is 0 Å². The Morgan fingerprint density at radius 1 is 0.889 bits per heavy atom. The molecule has 0 rings (SSSR count). The van der Waals surface area contributed by atoms with Crippen molar-refractivity contribution in [3.63, 3.8) is 0 Å². The second kappa shape index (κ2) is 13.4. The highest BCUT2D eigenvalue weighted by Crippen LogP contribution is 2.12. The third-order valence-electron chi connectivity index (χ3n) is 3.71. The molecule has 0 saturated carbocycles. The molecule has 110 valence electrons. The Morgan fingerprint density at radius 2 is 1.50 bits per heavy atom. The summed E-state index contributed by atoms with van der Waals surface area (Å²) < 4.78 is 5.46. The van der Waals surface area contributed by atoms with Crippen molar-refractivity contribution in [2.75, 3.05) is 13.7 Å². The average molecular weight is 257 g/mol. The maximum Gasteiger partial charge on any atom is 0.0696 e. The molecule has 2 atom stereocenters. The summed E-state index contributed by atoms with van der Waals surface area (Å²) in [6, 6.07) is 0.533. The molecule has 1 N–H and O–H groups in total. The minimum atomic E-state index is 0.330. The van der Waals surface area contributed by atoms with Gasteiger partial charge in [-0.05, 0) is 26.3 Å². The molecule has 0 saturated heterocycles. The standard InChI is InChI=1S/C16H35NO/c1-5-7-8-9-10-11-12-13-16(15(3)18-4)17-14-6-2/h15-17H,5-14H2,1-4H3. The van der Waals surface area contributed by atoms with Crippen LogP contribution in [0.25, 0.3) is 0 Å². The van der Waals surface area contributed by atoms with Gasteiger partial charge in [-0.25, -0.2) is 0 Å². The van der Waals surface area contributed by atoms with E-state index in [0.717, 1.165) is 6.54 Å². The van der Waals surface area contributed by atoms with Gasteiger partial charge in [0.1, 0.15) is 0 Å². The Labute approximate surface area is 115 Å². The van der Waals surface area contributed by atoms with E-state index >= 15 is 0 Å². The molecule has 2 heteroatoms. The molecule has 0 bridgehead atoms. The third kappa shape index (κ3) is 9.90. The average Bonchev–Trinajstić information content (AvgIpc) is 2.40. The normalized spacial score (nSPS) is 14.7. The number of hydrogen-bond acceptors (Lipinski definition) is 2. The molecule has 0 heterocycles. The van der Waals surface area contributed by atoms with Crippen molar-refractivity contribution in [2.45, 2.75) is 90.7 Å². The zero-order valence-electron chi connectivity index (χ0n) is 13.1. The number of hydrogen-bond donors (Lipinski definition) is 1. The second-order valence-electron chi connectivity index (χ2n) is 5.41. The van der Waals surface area contributed by atoms with Crippen molar-refractivity contribution >= 4 is 0 Å². The lowest BCUT2D eigenvalue weighted by molar-refractivity contribution is 0.0791. The second-order valence-corrected chi connectivity index (χ2v) is 5.41. The van der Waals surface area contributed by atoms with Gasteiger partial charge in [0.15, 0.2) is 0 Å². The van der Waals surface area contributed by atoms with Gasteiger partial charge in [-0.3, -0.25) is 0 Å². The molecule has 0 aromatic rings. The fourth-order valence-corrected chi connectivity index (χ4v) is 2.32. The molecule has 0 aliphatic carbocycles. The van der Waals surface area contributed by atoms with E-state index in [2.05, 4.69) is 26.1 Å². The van der Waals surface area contributed by atoms with Crippen molar-refractivity contribution in [3.05, 3.63) is 0 Å². The van der Waals surface area contributed by atoms with E-state index in [1.54, 1.807) is 0 Å². The quantitative estimate of drug-likeness (QED) is 0.489. The van der Waals surface area contributed by atoms with E-state index < -0.39 is 0 Å². The highest BCUT2D eigenvalue weighted by molar-refractivity contribution is 4.73. The topological polar surface area (TPSA) is 21.3 Å². The fraction of sp³-hybridized carbons (Fsp3) is 1.00. The van der Waals surface area contributed by atoms with Crippen molar-refractivity contribution in [1.29, 1.82) is 0 Å². The van der Waals surface area contributed by atoms with Crippen LogP contribution in [0.4, 0.5) is 0 Å². The first kappa shape index (κ1) is 17.9. The highest BCUT2D eigenvalue weighted by atomic mass is 16.5. The van der Waals surface area contributed by atoms with Crippen LogP contribution < -0.4 is 5.32 Å². The Balaban J connectivity index is 3.56. The molecule has 18 heavy (non-hydrogen) atoms. The van der Waals surface area contributed by atoms with Crippen LogP contribution in [0.1, 0.15) is 78.6 Å². The summed E-state index contributed by atoms with van der Waals surface area (Å²) in [4.78, 5) is 0. The lowest BCUT2D eigenvalue weighted by Crippen LogP contribution is -2.39. The highest BCUT2D eigenvalue weighted by Gasteiger charge is 2.14. The van der Waals surface area contributed by atoms with E-state index in [4.69, 9.17) is 4.74 Å². The number of ether oxygens (including phenoxy) is 1. The number of rotatable bonds is 13. The van der Waals surface area contributed by atoms with Gasteiger partial charge in [-0.2, -0.15) is 0 Å². The molecule has 0 fully saturated rings. The maximum atomic E-state index is 5.46. The largest absolute Gasteiger partial charge is 0.380 e. The van der Waals surface area contributed by atoms with Crippen LogP contribution in [0, 0.1) is 0 Å². The van der Waals surface area contributed by atoms with Crippen LogP contribution in [0.3, 0.4) is 0 Å². The maximum absolute atomic E-state index is 5.46. The first-order chi connectivity index (χ1) is 8.76. The third-order valence-corrected chi connectivity index (χ3v) is 3.71. The molecule has 0 radical (unpaired) electrons. The molecule has 2 nitrogen and oxygen atoms in total.